The molecule has 0 saturated heterocycles. The zero-order chi connectivity index (χ0) is 10.8. The Bertz CT molecular complexity index is 357. The van der Waals surface area contributed by atoms with Crippen molar-refractivity contribution in [2.75, 3.05) is 6.54 Å². The van der Waals surface area contributed by atoms with Gasteiger partial charge in [-0.1, -0.05) is 5.16 Å². The lowest BCUT2D eigenvalue weighted by molar-refractivity contribution is 0.0896. The van der Waals surface area contributed by atoms with E-state index < -0.39 is 0 Å². The van der Waals surface area contributed by atoms with E-state index >= 15 is 0 Å². The van der Waals surface area contributed by atoms with E-state index in [0.717, 1.165) is 12.8 Å². The molecular formula is C10H15N3O2. The van der Waals surface area contributed by atoms with Gasteiger partial charge in [0.2, 0.25) is 5.76 Å². The number of nitrogens with one attached hydrogen (secondary N) is 1. The molecule has 1 heterocycles. The summed E-state index contributed by atoms with van der Waals surface area (Å²) in [5.74, 6) is 0.576. The molecule has 1 aromatic heterocycles. The van der Waals surface area contributed by atoms with Crippen LogP contribution < -0.4 is 11.1 Å². The summed E-state index contributed by atoms with van der Waals surface area (Å²) < 4.78 is 4.87. The van der Waals surface area contributed by atoms with Crippen LogP contribution in [-0.2, 0) is 0 Å². The lowest BCUT2D eigenvalue weighted by Gasteiger charge is -2.14. The molecule has 1 fully saturated rings. The first-order valence-corrected chi connectivity index (χ1v) is 5.15. The van der Waals surface area contributed by atoms with Crippen molar-refractivity contribution >= 4 is 5.91 Å². The normalized spacial score (nSPS) is 17.5. The maximum Gasteiger partial charge on any atom is 0.290 e. The van der Waals surface area contributed by atoms with E-state index in [4.69, 9.17) is 10.3 Å². The number of rotatable bonds is 4. The largest absolute Gasteiger partial charge is 0.351 e. The molecule has 0 aliphatic heterocycles. The van der Waals surface area contributed by atoms with Crippen LogP contribution in [0.3, 0.4) is 0 Å². The van der Waals surface area contributed by atoms with Crippen LogP contribution in [0.25, 0.3) is 0 Å². The van der Waals surface area contributed by atoms with Gasteiger partial charge in [0.1, 0.15) is 0 Å². The zero-order valence-corrected chi connectivity index (χ0v) is 8.69. The van der Waals surface area contributed by atoms with Gasteiger partial charge in [-0.15, -0.1) is 0 Å². The Balaban J connectivity index is 1.96. The van der Waals surface area contributed by atoms with Crippen molar-refractivity contribution in [3.05, 3.63) is 17.5 Å². The molecule has 1 aliphatic rings. The van der Waals surface area contributed by atoms with Crippen LogP contribution >= 0.6 is 0 Å². The summed E-state index contributed by atoms with van der Waals surface area (Å²) in [6.07, 6.45) is 2.30. The summed E-state index contributed by atoms with van der Waals surface area (Å²) in [4.78, 5) is 11.7. The average molecular weight is 209 g/mol. The molecule has 1 atom stereocenters. The van der Waals surface area contributed by atoms with Crippen LogP contribution in [-0.4, -0.2) is 23.7 Å². The molecule has 0 radical (unpaired) electrons. The molecular weight excluding hydrogens is 194 g/mol. The molecule has 1 saturated carbocycles. The fourth-order valence-electron chi connectivity index (χ4n) is 1.58. The van der Waals surface area contributed by atoms with Crippen LogP contribution in [0.15, 0.2) is 10.6 Å². The molecule has 1 amide bonds. The fraction of sp³-hybridized carbons (Fsp3) is 0.600. The van der Waals surface area contributed by atoms with Crippen LogP contribution in [0.5, 0.6) is 0 Å². The number of carbonyl (C=O) groups excluding carboxylic acids is 1. The first kappa shape index (κ1) is 10.2. The predicted octanol–water partition coefficient (Wildman–Crippen LogP) is 0.450. The number of hydrogen-bond donors (Lipinski definition) is 2. The average Bonchev–Trinajstić information content (AvgIpc) is 2.97. The highest BCUT2D eigenvalue weighted by Crippen LogP contribution is 2.32. The van der Waals surface area contributed by atoms with Crippen molar-refractivity contribution in [2.24, 2.45) is 11.7 Å². The third-order valence-electron chi connectivity index (χ3n) is 2.61. The minimum Gasteiger partial charge on any atom is -0.351 e. The molecule has 1 unspecified atom stereocenters. The lowest BCUT2D eigenvalue weighted by atomic mass is 10.2. The summed E-state index contributed by atoms with van der Waals surface area (Å²) in [7, 11) is 0. The van der Waals surface area contributed by atoms with E-state index in [-0.39, 0.29) is 17.7 Å². The quantitative estimate of drug-likeness (QED) is 0.754. The molecule has 1 aromatic rings. The van der Waals surface area contributed by atoms with Gasteiger partial charge in [0.05, 0.1) is 5.69 Å². The van der Waals surface area contributed by atoms with Gasteiger partial charge in [0.25, 0.3) is 5.91 Å². The molecule has 0 bridgehead atoms. The van der Waals surface area contributed by atoms with Crippen LogP contribution in [0.1, 0.15) is 29.1 Å². The SMILES string of the molecule is Cc1cc(C(=O)NC(CN)C2CC2)on1. The molecule has 2 rings (SSSR count). The highest BCUT2D eigenvalue weighted by atomic mass is 16.5. The topological polar surface area (TPSA) is 81.2 Å². The zero-order valence-electron chi connectivity index (χ0n) is 8.69. The Morgan fingerprint density at radius 3 is 3.00 bits per heavy atom. The molecule has 3 N–H and O–H groups in total. The van der Waals surface area contributed by atoms with Gasteiger partial charge in [-0.25, -0.2) is 0 Å². The number of carbonyl (C=O) groups is 1. The second kappa shape index (κ2) is 4.02. The van der Waals surface area contributed by atoms with Gasteiger partial charge in [-0.05, 0) is 25.7 Å². The molecule has 82 valence electrons. The van der Waals surface area contributed by atoms with Gasteiger partial charge in [-0.2, -0.15) is 0 Å². The number of amides is 1. The monoisotopic (exact) mass is 209 g/mol. The number of hydrogen-bond acceptors (Lipinski definition) is 4. The van der Waals surface area contributed by atoms with E-state index in [1.807, 2.05) is 0 Å². The summed E-state index contributed by atoms with van der Waals surface area (Å²) in [5, 5.41) is 6.52. The van der Waals surface area contributed by atoms with Crippen molar-refractivity contribution in [1.29, 1.82) is 0 Å². The second-order valence-corrected chi connectivity index (χ2v) is 3.99. The summed E-state index contributed by atoms with van der Waals surface area (Å²) in [6, 6.07) is 1.69. The van der Waals surface area contributed by atoms with Crippen LogP contribution in [0.2, 0.25) is 0 Å². The Morgan fingerprint density at radius 1 is 1.80 bits per heavy atom. The van der Waals surface area contributed by atoms with Crippen LogP contribution in [0, 0.1) is 12.8 Å². The molecule has 1 aliphatic carbocycles. The molecule has 5 nitrogen and oxygen atoms in total. The Labute approximate surface area is 88.0 Å². The van der Waals surface area contributed by atoms with Crippen molar-refractivity contribution in [3.63, 3.8) is 0 Å². The first-order valence-electron chi connectivity index (χ1n) is 5.15. The Kier molecular flexibility index (Phi) is 2.73. The van der Waals surface area contributed by atoms with Crippen molar-refractivity contribution in [2.45, 2.75) is 25.8 Å². The minimum absolute atomic E-state index is 0.0721. The van der Waals surface area contributed by atoms with E-state index in [1.165, 1.54) is 0 Å². The summed E-state index contributed by atoms with van der Waals surface area (Å²) >= 11 is 0. The first-order chi connectivity index (χ1) is 7.20. The predicted molar refractivity (Wildman–Crippen MR) is 54.3 cm³/mol. The maximum atomic E-state index is 11.7. The smallest absolute Gasteiger partial charge is 0.290 e. The van der Waals surface area contributed by atoms with E-state index in [9.17, 15) is 4.79 Å². The Hall–Kier alpha value is -1.36. The van der Waals surface area contributed by atoms with Gasteiger partial charge >= 0.3 is 0 Å². The van der Waals surface area contributed by atoms with Crippen molar-refractivity contribution < 1.29 is 9.32 Å². The molecule has 0 aromatic carbocycles. The van der Waals surface area contributed by atoms with E-state index in [1.54, 1.807) is 13.0 Å². The van der Waals surface area contributed by atoms with Gasteiger partial charge in [-0.3, -0.25) is 4.79 Å². The maximum absolute atomic E-state index is 11.7. The number of aromatic nitrogens is 1. The minimum atomic E-state index is -0.224. The number of nitrogens with two attached hydrogens (primary N) is 1. The van der Waals surface area contributed by atoms with Crippen molar-refractivity contribution in [1.82, 2.24) is 10.5 Å². The molecule has 5 heteroatoms. The Morgan fingerprint density at radius 2 is 2.53 bits per heavy atom. The molecule has 15 heavy (non-hydrogen) atoms. The highest BCUT2D eigenvalue weighted by molar-refractivity contribution is 5.91. The second-order valence-electron chi connectivity index (χ2n) is 3.99. The van der Waals surface area contributed by atoms with Gasteiger partial charge in [0, 0.05) is 18.7 Å². The molecule has 0 spiro atoms. The van der Waals surface area contributed by atoms with Crippen molar-refractivity contribution in [3.8, 4) is 0 Å². The van der Waals surface area contributed by atoms with E-state index in [0.29, 0.717) is 18.2 Å². The summed E-state index contributed by atoms with van der Waals surface area (Å²) in [6.45, 7) is 2.26. The van der Waals surface area contributed by atoms with Gasteiger partial charge in [0.15, 0.2) is 0 Å². The summed E-state index contributed by atoms with van der Waals surface area (Å²) in [5.41, 5.74) is 6.29. The van der Waals surface area contributed by atoms with Gasteiger partial charge < -0.3 is 15.6 Å². The van der Waals surface area contributed by atoms with Crippen LogP contribution in [0.4, 0.5) is 0 Å². The third kappa shape index (κ3) is 2.36. The highest BCUT2D eigenvalue weighted by Gasteiger charge is 2.31. The van der Waals surface area contributed by atoms with E-state index in [2.05, 4.69) is 10.5 Å². The standard InChI is InChI=1S/C10H15N3O2/c1-6-4-9(15-13-6)10(14)12-8(5-11)7-2-3-7/h4,7-8H,2-3,5,11H2,1H3,(H,12,14). The number of nitrogens with zero attached hydrogens (tertiary/aromatic N) is 1. The number of aryl methyl sites for hydroxylation is 1. The third-order valence-corrected chi connectivity index (χ3v) is 2.61. The fourth-order valence-corrected chi connectivity index (χ4v) is 1.58. The lowest BCUT2D eigenvalue weighted by Crippen LogP contribution is -2.41.